The van der Waals surface area contributed by atoms with Gasteiger partial charge < -0.3 is 15.2 Å². The number of piperazine rings is 1. The maximum Gasteiger partial charge on any atom is 0.234 e. The number of halogens is 2. The van der Waals surface area contributed by atoms with Gasteiger partial charge in [0, 0.05) is 36.3 Å². The molecule has 0 spiro atoms. The molecule has 1 fully saturated rings. The molecule has 1 aliphatic rings. The minimum Gasteiger partial charge on any atom is -0.491 e. The Morgan fingerprint density at radius 3 is 2.93 bits per heavy atom. The highest BCUT2D eigenvalue weighted by atomic mass is 35.5. The van der Waals surface area contributed by atoms with Crippen LogP contribution in [0.3, 0.4) is 0 Å². The van der Waals surface area contributed by atoms with Gasteiger partial charge in [0.2, 0.25) is 5.91 Å². The van der Waals surface area contributed by atoms with Crippen LogP contribution in [-0.4, -0.2) is 54.8 Å². The van der Waals surface area contributed by atoms with Gasteiger partial charge in [0.05, 0.1) is 6.54 Å². The van der Waals surface area contributed by atoms with Gasteiger partial charge >= 0.3 is 0 Å². The van der Waals surface area contributed by atoms with Gasteiger partial charge in [-0.3, -0.25) is 9.69 Å². The van der Waals surface area contributed by atoms with Crippen molar-refractivity contribution in [2.24, 2.45) is 0 Å². The standard InChI is InChI=1S/C20H22ClFN2O3/c1-13-2-3-19(21)18(6-13)14-7-15(22)9-17(8-14)27-12-16(25)10-24-5-4-23-20(26)11-24/h2-3,6-9,16,25H,4-5,10-12H2,1H3,(H,23,26). The van der Waals surface area contributed by atoms with E-state index in [-0.39, 0.29) is 19.1 Å². The van der Waals surface area contributed by atoms with E-state index >= 15 is 0 Å². The second kappa shape index (κ2) is 8.69. The Morgan fingerprint density at radius 2 is 2.15 bits per heavy atom. The molecule has 5 nitrogen and oxygen atoms in total. The second-order valence-electron chi connectivity index (χ2n) is 6.71. The number of hydrogen-bond donors (Lipinski definition) is 2. The van der Waals surface area contributed by atoms with E-state index in [1.165, 1.54) is 12.1 Å². The third-order valence-electron chi connectivity index (χ3n) is 4.33. The van der Waals surface area contributed by atoms with Crippen LogP contribution in [0.1, 0.15) is 5.56 Å². The Labute approximate surface area is 162 Å². The van der Waals surface area contributed by atoms with Gasteiger partial charge in [-0.1, -0.05) is 23.2 Å². The minimum absolute atomic E-state index is 0.00254. The third kappa shape index (κ3) is 5.42. The van der Waals surface area contributed by atoms with Gasteiger partial charge in [0.25, 0.3) is 0 Å². The lowest BCUT2D eigenvalue weighted by Crippen LogP contribution is -2.50. The third-order valence-corrected chi connectivity index (χ3v) is 4.66. The van der Waals surface area contributed by atoms with E-state index in [0.717, 1.165) is 11.1 Å². The number of rotatable bonds is 6. The zero-order chi connectivity index (χ0) is 19.4. The van der Waals surface area contributed by atoms with Gasteiger partial charge in [0.1, 0.15) is 24.3 Å². The summed E-state index contributed by atoms with van der Waals surface area (Å²) >= 11 is 6.24. The van der Waals surface area contributed by atoms with Crippen molar-refractivity contribution in [3.8, 4) is 16.9 Å². The van der Waals surface area contributed by atoms with Crippen LogP contribution in [0.15, 0.2) is 36.4 Å². The van der Waals surface area contributed by atoms with Crippen molar-refractivity contribution in [2.75, 3.05) is 32.8 Å². The predicted octanol–water partition coefficient (Wildman–Crippen LogP) is 2.63. The number of benzene rings is 2. The summed E-state index contributed by atoms with van der Waals surface area (Å²) in [6.07, 6.45) is -0.787. The van der Waals surface area contributed by atoms with Gasteiger partial charge in [-0.25, -0.2) is 4.39 Å². The number of carbonyl (C=O) groups is 1. The number of amides is 1. The van der Waals surface area contributed by atoms with Crippen molar-refractivity contribution in [3.05, 3.63) is 52.8 Å². The summed E-state index contributed by atoms with van der Waals surface area (Å²) in [6, 6.07) is 9.92. The Bertz CT molecular complexity index is 831. The van der Waals surface area contributed by atoms with E-state index in [4.69, 9.17) is 16.3 Å². The normalized spacial score (nSPS) is 16.1. The number of carbonyl (C=O) groups excluding carboxylic acids is 1. The molecule has 0 aliphatic carbocycles. The van der Waals surface area contributed by atoms with Gasteiger partial charge in [0.15, 0.2) is 0 Å². The van der Waals surface area contributed by atoms with Crippen LogP contribution in [0.5, 0.6) is 5.75 Å². The fraction of sp³-hybridized carbons (Fsp3) is 0.350. The van der Waals surface area contributed by atoms with E-state index in [1.54, 1.807) is 12.1 Å². The highest BCUT2D eigenvalue weighted by Gasteiger charge is 2.19. The molecular formula is C20H22ClFN2O3. The Morgan fingerprint density at radius 1 is 1.33 bits per heavy atom. The largest absolute Gasteiger partial charge is 0.491 e. The number of aliphatic hydroxyl groups is 1. The molecule has 2 aromatic carbocycles. The molecule has 7 heteroatoms. The van der Waals surface area contributed by atoms with Crippen LogP contribution < -0.4 is 10.1 Å². The van der Waals surface area contributed by atoms with Gasteiger partial charge in [-0.05, 0) is 36.8 Å². The molecule has 1 amide bonds. The highest BCUT2D eigenvalue weighted by molar-refractivity contribution is 6.33. The first-order valence-corrected chi connectivity index (χ1v) is 9.15. The highest BCUT2D eigenvalue weighted by Crippen LogP contribution is 2.32. The maximum absolute atomic E-state index is 14.0. The van der Waals surface area contributed by atoms with Crippen LogP contribution >= 0.6 is 11.6 Å². The molecule has 1 atom stereocenters. The lowest BCUT2D eigenvalue weighted by atomic mass is 10.0. The molecule has 0 radical (unpaired) electrons. The molecule has 3 rings (SSSR count). The van der Waals surface area contributed by atoms with Gasteiger partial charge in [-0.15, -0.1) is 0 Å². The minimum atomic E-state index is -0.787. The molecule has 1 saturated heterocycles. The zero-order valence-corrected chi connectivity index (χ0v) is 15.8. The summed E-state index contributed by atoms with van der Waals surface area (Å²) in [5.74, 6) is -0.181. The number of β-amino-alcohol motifs (C(OH)–C–C–N with tert-alkyl or cyclic N) is 1. The molecule has 0 saturated carbocycles. The molecule has 2 N–H and O–H groups in total. The summed E-state index contributed by atoms with van der Waals surface area (Å²) in [4.78, 5) is 13.2. The number of aryl methyl sites for hydroxylation is 1. The summed E-state index contributed by atoms with van der Waals surface area (Å²) in [7, 11) is 0. The topological polar surface area (TPSA) is 61.8 Å². The van der Waals surface area contributed by atoms with Crippen molar-refractivity contribution < 1.29 is 19.0 Å². The van der Waals surface area contributed by atoms with E-state index < -0.39 is 11.9 Å². The zero-order valence-electron chi connectivity index (χ0n) is 15.0. The Balaban J connectivity index is 1.66. The molecular weight excluding hydrogens is 371 g/mol. The lowest BCUT2D eigenvalue weighted by molar-refractivity contribution is -0.124. The second-order valence-corrected chi connectivity index (χ2v) is 7.12. The van der Waals surface area contributed by atoms with Crippen LogP contribution in [0.2, 0.25) is 5.02 Å². The van der Waals surface area contributed by atoms with Crippen LogP contribution in [0.4, 0.5) is 4.39 Å². The number of nitrogens with zero attached hydrogens (tertiary/aromatic N) is 1. The van der Waals surface area contributed by atoms with Crippen molar-refractivity contribution in [1.29, 1.82) is 0 Å². The van der Waals surface area contributed by atoms with E-state index in [1.807, 2.05) is 24.0 Å². The van der Waals surface area contributed by atoms with E-state index in [9.17, 15) is 14.3 Å². The molecule has 1 unspecified atom stereocenters. The average Bonchev–Trinajstić information content (AvgIpc) is 2.61. The predicted molar refractivity (Wildman–Crippen MR) is 103 cm³/mol. The molecule has 0 bridgehead atoms. The summed E-state index contributed by atoms with van der Waals surface area (Å²) in [5.41, 5.74) is 2.35. The molecule has 144 valence electrons. The quantitative estimate of drug-likeness (QED) is 0.793. The van der Waals surface area contributed by atoms with Crippen LogP contribution in [0, 0.1) is 12.7 Å². The number of nitrogens with one attached hydrogen (secondary N) is 1. The maximum atomic E-state index is 14.0. The Kier molecular flexibility index (Phi) is 6.31. The van der Waals surface area contributed by atoms with Crippen molar-refractivity contribution >= 4 is 17.5 Å². The Hall–Kier alpha value is -2.15. The lowest BCUT2D eigenvalue weighted by Gasteiger charge is -2.28. The van der Waals surface area contributed by atoms with Crippen molar-refractivity contribution in [1.82, 2.24) is 10.2 Å². The summed E-state index contributed by atoms with van der Waals surface area (Å²) < 4.78 is 19.6. The summed E-state index contributed by atoms with van der Waals surface area (Å²) in [6.45, 7) is 3.76. The molecule has 27 heavy (non-hydrogen) atoms. The van der Waals surface area contributed by atoms with Gasteiger partial charge in [-0.2, -0.15) is 0 Å². The van der Waals surface area contributed by atoms with Crippen LogP contribution in [0.25, 0.3) is 11.1 Å². The number of hydrogen-bond acceptors (Lipinski definition) is 4. The fourth-order valence-corrected chi connectivity index (χ4v) is 3.28. The first-order valence-electron chi connectivity index (χ1n) is 8.78. The van der Waals surface area contributed by atoms with Crippen molar-refractivity contribution in [3.63, 3.8) is 0 Å². The van der Waals surface area contributed by atoms with E-state index in [2.05, 4.69) is 5.32 Å². The number of ether oxygens (including phenoxy) is 1. The molecule has 1 aliphatic heterocycles. The molecule has 1 heterocycles. The first-order chi connectivity index (χ1) is 12.9. The fourth-order valence-electron chi connectivity index (χ4n) is 3.05. The van der Waals surface area contributed by atoms with E-state index in [0.29, 0.717) is 36.0 Å². The summed E-state index contributed by atoms with van der Waals surface area (Å²) in [5, 5.41) is 13.4. The van der Waals surface area contributed by atoms with Crippen molar-refractivity contribution in [2.45, 2.75) is 13.0 Å². The average molecular weight is 393 g/mol. The SMILES string of the molecule is Cc1ccc(Cl)c(-c2cc(F)cc(OCC(O)CN3CCNC(=O)C3)c2)c1. The first kappa shape index (κ1) is 19.6. The molecule has 2 aromatic rings. The molecule has 0 aromatic heterocycles. The van der Waals surface area contributed by atoms with Crippen LogP contribution in [-0.2, 0) is 4.79 Å². The monoisotopic (exact) mass is 392 g/mol. The smallest absolute Gasteiger partial charge is 0.234 e. The number of aliphatic hydroxyl groups excluding tert-OH is 1.